The number of carbonyl (C=O) groups is 1. The Morgan fingerprint density at radius 3 is 2.33 bits per heavy atom. The van der Waals surface area contributed by atoms with Crippen LogP contribution in [0.2, 0.25) is 0 Å². The molecule has 1 N–H and O–H groups in total. The van der Waals surface area contributed by atoms with Crippen LogP contribution in [0.25, 0.3) is 21.5 Å². The van der Waals surface area contributed by atoms with Crippen LogP contribution in [0.3, 0.4) is 0 Å². The van der Waals surface area contributed by atoms with Crippen molar-refractivity contribution in [2.24, 2.45) is 0 Å². The lowest BCUT2D eigenvalue weighted by Gasteiger charge is -2.27. The van der Waals surface area contributed by atoms with Gasteiger partial charge in [0.25, 0.3) is 0 Å². The van der Waals surface area contributed by atoms with Crippen LogP contribution in [-0.4, -0.2) is 6.29 Å². The lowest BCUT2D eigenvalue weighted by Crippen LogP contribution is -3.04. The van der Waals surface area contributed by atoms with Gasteiger partial charge in [-0.25, -0.2) is 0 Å². The molecule has 27 heavy (non-hydrogen) atoms. The van der Waals surface area contributed by atoms with E-state index >= 15 is 0 Å². The number of benzene rings is 3. The van der Waals surface area contributed by atoms with Gasteiger partial charge in [0.05, 0.1) is 0 Å². The summed E-state index contributed by atoms with van der Waals surface area (Å²) in [6.45, 7) is 1.91. The van der Waals surface area contributed by atoms with Crippen LogP contribution in [-0.2, 0) is 9.63 Å². The van der Waals surface area contributed by atoms with E-state index in [2.05, 4.69) is 30.3 Å². The Bertz CT molecular complexity index is 1010. The second-order valence-electron chi connectivity index (χ2n) is 6.81. The monoisotopic (exact) mass is 359 g/mol. The third-order valence-electron chi connectivity index (χ3n) is 5.04. The molecule has 0 aliphatic heterocycles. The fourth-order valence-electron chi connectivity index (χ4n) is 3.75. The summed E-state index contributed by atoms with van der Waals surface area (Å²) in [5.74, 6) is 0. The van der Waals surface area contributed by atoms with Gasteiger partial charge in [-0.3, -0.25) is 4.79 Å². The summed E-state index contributed by atoms with van der Waals surface area (Å²) in [6.07, 6.45) is 5.12. The number of aldehydes is 1. The first-order chi connectivity index (χ1) is 13.2. The zero-order valence-corrected chi connectivity index (χ0v) is 15.1. The number of quaternary nitrogens is 1. The van der Waals surface area contributed by atoms with Crippen molar-refractivity contribution in [3.8, 4) is 0 Å². The van der Waals surface area contributed by atoms with E-state index in [9.17, 15) is 10.0 Å². The third kappa shape index (κ3) is 3.43. The minimum Gasteiger partial charge on any atom is -0.595 e. The van der Waals surface area contributed by atoms with E-state index in [-0.39, 0.29) is 5.23 Å². The van der Waals surface area contributed by atoms with Crippen LogP contribution in [0, 0.1) is 5.21 Å². The summed E-state index contributed by atoms with van der Waals surface area (Å²) >= 11 is 0. The third-order valence-corrected chi connectivity index (χ3v) is 5.04. The molecule has 0 fully saturated rings. The number of hydrogen-bond donors (Lipinski definition) is 1. The molecule has 0 bridgehead atoms. The van der Waals surface area contributed by atoms with E-state index in [1.54, 1.807) is 6.08 Å². The summed E-state index contributed by atoms with van der Waals surface area (Å²) in [6, 6.07) is 18.5. The van der Waals surface area contributed by atoms with Gasteiger partial charge in [0.2, 0.25) is 0 Å². The van der Waals surface area contributed by atoms with Crippen molar-refractivity contribution in [3.05, 3.63) is 88.8 Å². The Labute approximate surface area is 157 Å². The molecule has 2 atom stereocenters. The summed E-state index contributed by atoms with van der Waals surface area (Å²) in [5.41, 5.74) is 2.10. The van der Waals surface area contributed by atoms with E-state index in [0.717, 1.165) is 33.4 Å². The van der Waals surface area contributed by atoms with Crippen LogP contribution < -0.4 is 5.23 Å². The van der Waals surface area contributed by atoms with Crippen LogP contribution in [0.4, 0.5) is 0 Å². The summed E-state index contributed by atoms with van der Waals surface area (Å²) in [4.78, 5) is 16.8. The molecule has 0 heterocycles. The van der Waals surface area contributed by atoms with Gasteiger partial charge in [0.15, 0.2) is 0 Å². The summed E-state index contributed by atoms with van der Waals surface area (Å²) in [5, 5.41) is 16.7. The number of nitrogens with one attached hydrogen (secondary N) is 1. The molecule has 2 unspecified atom stereocenters. The second-order valence-corrected chi connectivity index (χ2v) is 6.81. The molecule has 0 aromatic heterocycles. The first-order valence-corrected chi connectivity index (χ1v) is 9.14. The van der Waals surface area contributed by atoms with E-state index < -0.39 is 6.10 Å². The maximum absolute atomic E-state index is 12.7. The normalized spacial score (nSPS) is 16.7. The highest BCUT2D eigenvalue weighted by Gasteiger charge is 2.20. The van der Waals surface area contributed by atoms with Gasteiger partial charge < -0.3 is 5.21 Å². The zero-order chi connectivity index (χ0) is 18.8. The molecule has 0 radical (unpaired) electrons. The molecule has 1 aliphatic rings. The van der Waals surface area contributed by atoms with E-state index in [0.29, 0.717) is 24.1 Å². The standard InChI is InChI=1S/C23H21NO3/c1-16(27-24(26)20-10-6-7-17(13-20)15-25)23-21-11-4-2-8-18(21)14-19-9-3-5-12-22(19)23/h2-5,7-9,11-16,24H,6,10H2,1H3. The lowest BCUT2D eigenvalue weighted by atomic mass is 9.94. The first kappa shape index (κ1) is 17.6. The predicted octanol–water partition coefficient (Wildman–Crippen LogP) is 4.17. The fraction of sp³-hybridized carbons (Fsp3) is 0.174. The maximum Gasteiger partial charge on any atom is 0.149 e. The van der Waals surface area contributed by atoms with Crippen LogP contribution >= 0.6 is 0 Å². The molecular formula is C23H21NO3. The topological polar surface area (TPSA) is 53.8 Å². The van der Waals surface area contributed by atoms with Crippen LogP contribution in [0.1, 0.15) is 31.4 Å². The van der Waals surface area contributed by atoms with Crippen molar-refractivity contribution < 1.29 is 14.9 Å². The van der Waals surface area contributed by atoms with E-state index in [4.69, 9.17) is 4.84 Å². The molecule has 4 rings (SSSR count). The molecule has 4 heteroatoms. The van der Waals surface area contributed by atoms with Gasteiger partial charge in [-0.15, -0.1) is 0 Å². The van der Waals surface area contributed by atoms with Gasteiger partial charge in [-0.05, 0) is 41.0 Å². The van der Waals surface area contributed by atoms with Crippen LogP contribution in [0.5, 0.6) is 0 Å². The van der Waals surface area contributed by atoms with Crippen molar-refractivity contribution in [3.63, 3.8) is 0 Å². The van der Waals surface area contributed by atoms with Gasteiger partial charge in [0, 0.05) is 23.6 Å². The Morgan fingerprint density at radius 1 is 1.07 bits per heavy atom. The fourth-order valence-corrected chi connectivity index (χ4v) is 3.75. The average Bonchev–Trinajstić information content (AvgIpc) is 2.71. The molecule has 0 spiro atoms. The van der Waals surface area contributed by atoms with Crippen LogP contribution in [0.15, 0.2) is 78.0 Å². The Morgan fingerprint density at radius 2 is 1.70 bits per heavy atom. The van der Waals surface area contributed by atoms with Crippen molar-refractivity contribution in [1.29, 1.82) is 0 Å². The van der Waals surface area contributed by atoms with Gasteiger partial charge in [-0.2, -0.15) is 10.1 Å². The minimum atomic E-state index is -0.403. The SMILES string of the molecule is CC(O[NH+]([O-])C1=CC(C=O)=CCC1)c1c2ccccc2cc2ccccc12. The molecule has 1 aliphatic carbocycles. The molecule has 3 aromatic carbocycles. The minimum absolute atomic E-state index is 0.355. The summed E-state index contributed by atoms with van der Waals surface area (Å²) < 4.78 is 0. The Balaban J connectivity index is 1.73. The largest absolute Gasteiger partial charge is 0.595 e. The maximum atomic E-state index is 12.7. The molecule has 136 valence electrons. The molecule has 0 saturated carbocycles. The molecule has 3 aromatic rings. The first-order valence-electron chi connectivity index (χ1n) is 9.14. The van der Waals surface area contributed by atoms with Crippen molar-refractivity contribution in [2.45, 2.75) is 25.9 Å². The highest BCUT2D eigenvalue weighted by atomic mass is 16.9. The van der Waals surface area contributed by atoms with Gasteiger partial charge in [0.1, 0.15) is 18.1 Å². The number of hydrogen-bond acceptors (Lipinski definition) is 3. The van der Waals surface area contributed by atoms with Crippen molar-refractivity contribution in [1.82, 2.24) is 0 Å². The van der Waals surface area contributed by atoms with Gasteiger partial charge in [-0.1, -0.05) is 54.6 Å². The second kappa shape index (κ2) is 7.45. The molecule has 4 nitrogen and oxygen atoms in total. The van der Waals surface area contributed by atoms with Gasteiger partial charge >= 0.3 is 0 Å². The smallest absolute Gasteiger partial charge is 0.149 e. The van der Waals surface area contributed by atoms with E-state index in [1.165, 1.54) is 0 Å². The zero-order valence-electron chi connectivity index (χ0n) is 15.1. The highest BCUT2D eigenvalue weighted by Crippen LogP contribution is 2.33. The molecule has 0 saturated heterocycles. The number of hydroxylamine groups is 2. The quantitative estimate of drug-likeness (QED) is 0.423. The highest BCUT2D eigenvalue weighted by molar-refractivity contribution is 6.02. The number of rotatable bonds is 5. The van der Waals surface area contributed by atoms with E-state index in [1.807, 2.05) is 37.3 Å². The number of fused-ring (bicyclic) bond motifs is 2. The van der Waals surface area contributed by atoms with Crippen molar-refractivity contribution >= 4 is 27.8 Å². The Kier molecular flexibility index (Phi) is 4.86. The molecule has 0 amide bonds. The lowest BCUT2D eigenvalue weighted by molar-refractivity contribution is -1.03. The molecular weight excluding hydrogens is 338 g/mol. The Hall–Kier alpha value is -2.79. The number of carbonyl (C=O) groups excluding carboxylic acids is 1. The van der Waals surface area contributed by atoms with Crippen molar-refractivity contribution in [2.75, 3.05) is 0 Å². The summed E-state index contributed by atoms with van der Waals surface area (Å²) in [7, 11) is 0. The number of allylic oxidation sites excluding steroid dienone is 4. The predicted molar refractivity (Wildman–Crippen MR) is 107 cm³/mol. The average molecular weight is 359 g/mol.